The molecule has 0 atom stereocenters. The highest BCUT2D eigenvalue weighted by Crippen LogP contribution is 2.09. The van der Waals surface area contributed by atoms with Gasteiger partial charge in [-0.2, -0.15) is 0 Å². The number of aromatic hydroxyl groups is 1. The molecule has 2 heteroatoms. The zero-order valence-electron chi connectivity index (χ0n) is 5.54. The maximum Gasteiger partial charge on any atom is 0.115 e. The van der Waals surface area contributed by atoms with E-state index in [1.807, 2.05) is 0 Å². The summed E-state index contributed by atoms with van der Waals surface area (Å²) < 4.78 is 0. The molecule has 1 aromatic carbocycles. The number of benzene rings is 1. The molecule has 2 N–H and O–H groups in total. The minimum atomic E-state index is 0.0972. The second-order valence-corrected chi connectivity index (χ2v) is 2.05. The standard InChI is InChI=1S/C8H9O2/c9-5-4-7-2-1-3-8(10)6-7/h1,3,6,9-10H,4-5H2. The number of phenolic OH excluding ortho intramolecular Hbond substituents is 1. The molecule has 0 saturated heterocycles. The Kier molecular flexibility index (Phi) is 2.29. The van der Waals surface area contributed by atoms with Crippen molar-refractivity contribution in [3.05, 3.63) is 29.8 Å². The Labute approximate surface area is 59.7 Å². The van der Waals surface area contributed by atoms with Crippen LogP contribution in [0.2, 0.25) is 0 Å². The average molecular weight is 137 g/mol. The van der Waals surface area contributed by atoms with Crippen LogP contribution in [0.25, 0.3) is 0 Å². The third-order valence-corrected chi connectivity index (χ3v) is 1.23. The smallest absolute Gasteiger partial charge is 0.115 e. The van der Waals surface area contributed by atoms with E-state index in [2.05, 4.69) is 6.07 Å². The first-order valence-corrected chi connectivity index (χ1v) is 3.13. The SMILES string of the molecule is OCCc1[c]ccc(O)c1. The van der Waals surface area contributed by atoms with Crippen LogP contribution < -0.4 is 0 Å². The Morgan fingerprint density at radius 1 is 1.50 bits per heavy atom. The van der Waals surface area contributed by atoms with Gasteiger partial charge >= 0.3 is 0 Å². The molecule has 10 heavy (non-hydrogen) atoms. The Hall–Kier alpha value is -1.02. The van der Waals surface area contributed by atoms with E-state index in [1.165, 1.54) is 0 Å². The van der Waals surface area contributed by atoms with Gasteiger partial charge < -0.3 is 10.2 Å². The molecule has 0 aliphatic carbocycles. The van der Waals surface area contributed by atoms with Gasteiger partial charge in [-0.3, -0.25) is 0 Å². The molecule has 0 fully saturated rings. The molecular weight excluding hydrogens is 128 g/mol. The Balaban J connectivity index is 2.75. The first-order chi connectivity index (χ1) is 4.83. The Bertz CT molecular complexity index is 208. The molecule has 53 valence electrons. The summed E-state index contributed by atoms with van der Waals surface area (Å²) >= 11 is 0. The van der Waals surface area contributed by atoms with Crippen molar-refractivity contribution >= 4 is 0 Å². The fraction of sp³-hybridized carbons (Fsp3) is 0.250. The first kappa shape index (κ1) is 7.09. The minimum absolute atomic E-state index is 0.0972. The van der Waals surface area contributed by atoms with E-state index in [-0.39, 0.29) is 12.4 Å². The number of rotatable bonds is 2. The van der Waals surface area contributed by atoms with Gasteiger partial charge in [0.15, 0.2) is 0 Å². The van der Waals surface area contributed by atoms with Gasteiger partial charge in [0.05, 0.1) is 0 Å². The first-order valence-electron chi connectivity index (χ1n) is 3.13. The largest absolute Gasteiger partial charge is 0.508 e. The second-order valence-electron chi connectivity index (χ2n) is 2.05. The maximum absolute atomic E-state index is 8.94. The van der Waals surface area contributed by atoms with E-state index in [4.69, 9.17) is 10.2 Å². The summed E-state index contributed by atoms with van der Waals surface area (Å²) in [6, 6.07) is 7.68. The van der Waals surface area contributed by atoms with E-state index in [0.717, 1.165) is 5.56 Å². The lowest BCUT2D eigenvalue weighted by molar-refractivity contribution is 0.299. The summed E-state index contributed by atoms with van der Waals surface area (Å²) in [7, 11) is 0. The molecule has 0 saturated carbocycles. The minimum Gasteiger partial charge on any atom is -0.508 e. The zero-order chi connectivity index (χ0) is 7.40. The lowest BCUT2D eigenvalue weighted by atomic mass is 10.1. The second kappa shape index (κ2) is 3.22. The molecule has 0 heterocycles. The highest BCUT2D eigenvalue weighted by Gasteiger charge is 1.91. The molecule has 0 aliphatic heterocycles. The summed E-state index contributed by atoms with van der Waals surface area (Å²) in [6.07, 6.45) is 0.550. The van der Waals surface area contributed by atoms with Crippen LogP contribution in [0.15, 0.2) is 18.2 Å². The number of hydrogen-bond acceptors (Lipinski definition) is 2. The topological polar surface area (TPSA) is 40.5 Å². The van der Waals surface area contributed by atoms with Crippen molar-refractivity contribution < 1.29 is 10.2 Å². The quantitative estimate of drug-likeness (QED) is 0.630. The molecule has 1 aromatic rings. The summed E-state index contributed by atoms with van der Waals surface area (Å²) in [6.45, 7) is 0.0972. The molecule has 0 unspecified atom stereocenters. The molecule has 1 rings (SSSR count). The summed E-state index contributed by atoms with van der Waals surface area (Å²) in [5.74, 6) is 0.224. The lowest BCUT2D eigenvalue weighted by Gasteiger charge is -1.96. The summed E-state index contributed by atoms with van der Waals surface area (Å²) in [5, 5.41) is 17.4. The van der Waals surface area contributed by atoms with Gasteiger partial charge in [-0.15, -0.1) is 0 Å². The van der Waals surface area contributed by atoms with Crippen LogP contribution in [0.4, 0.5) is 0 Å². The molecule has 0 amide bonds. The van der Waals surface area contributed by atoms with Crippen LogP contribution in [0.1, 0.15) is 5.56 Å². The Morgan fingerprint density at radius 2 is 2.30 bits per heavy atom. The molecule has 0 bridgehead atoms. The monoisotopic (exact) mass is 137 g/mol. The summed E-state index contributed by atoms with van der Waals surface area (Å²) in [4.78, 5) is 0. The normalized spacial score (nSPS) is 9.70. The van der Waals surface area contributed by atoms with Crippen molar-refractivity contribution in [2.75, 3.05) is 6.61 Å². The van der Waals surface area contributed by atoms with E-state index in [1.54, 1.807) is 18.2 Å². The average Bonchev–Trinajstić information content (AvgIpc) is 1.88. The summed E-state index contributed by atoms with van der Waals surface area (Å²) in [5.41, 5.74) is 0.836. The van der Waals surface area contributed by atoms with Crippen molar-refractivity contribution in [2.45, 2.75) is 6.42 Å². The predicted molar refractivity (Wildman–Crippen MR) is 37.7 cm³/mol. The van der Waals surface area contributed by atoms with E-state index < -0.39 is 0 Å². The molecular formula is C8H9O2. The lowest BCUT2D eigenvalue weighted by Crippen LogP contribution is -1.89. The van der Waals surface area contributed by atoms with Crippen molar-refractivity contribution in [3.63, 3.8) is 0 Å². The fourth-order valence-corrected chi connectivity index (χ4v) is 0.767. The maximum atomic E-state index is 8.94. The van der Waals surface area contributed by atoms with Crippen LogP contribution in [-0.4, -0.2) is 16.8 Å². The van der Waals surface area contributed by atoms with Crippen LogP contribution in [-0.2, 0) is 6.42 Å². The number of phenols is 1. The number of aliphatic hydroxyl groups is 1. The molecule has 2 nitrogen and oxygen atoms in total. The van der Waals surface area contributed by atoms with Gasteiger partial charge in [-0.1, -0.05) is 6.07 Å². The Morgan fingerprint density at radius 3 is 2.90 bits per heavy atom. The number of aliphatic hydroxyl groups excluding tert-OH is 1. The van der Waals surface area contributed by atoms with Gasteiger partial charge in [0, 0.05) is 6.61 Å². The zero-order valence-corrected chi connectivity index (χ0v) is 5.54. The van der Waals surface area contributed by atoms with Crippen LogP contribution in [0.5, 0.6) is 5.75 Å². The molecule has 0 aromatic heterocycles. The fourth-order valence-electron chi connectivity index (χ4n) is 0.767. The molecule has 0 aliphatic rings. The van der Waals surface area contributed by atoms with Crippen LogP contribution in [0, 0.1) is 6.07 Å². The highest BCUT2D eigenvalue weighted by atomic mass is 16.3. The van der Waals surface area contributed by atoms with E-state index in [0.29, 0.717) is 6.42 Å². The van der Waals surface area contributed by atoms with Gasteiger partial charge in [0.25, 0.3) is 0 Å². The molecule has 0 spiro atoms. The van der Waals surface area contributed by atoms with Crippen LogP contribution >= 0.6 is 0 Å². The molecule has 1 radical (unpaired) electrons. The third-order valence-electron chi connectivity index (χ3n) is 1.23. The van der Waals surface area contributed by atoms with E-state index >= 15 is 0 Å². The van der Waals surface area contributed by atoms with Gasteiger partial charge in [-0.25, -0.2) is 0 Å². The van der Waals surface area contributed by atoms with Gasteiger partial charge in [-0.05, 0) is 30.2 Å². The van der Waals surface area contributed by atoms with Crippen LogP contribution in [0.3, 0.4) is 0 Å². The van der Waals surface area contributed by atoms with Gasteiger partial charge in [0.2, 0.25) is 0 Å². The van der Waals surface area contributed by atoms with Crippen molar-refractivity contribution in [2.24, 2.45) is 0 Å². The van der Waals surface area contributed by atoms with Crippen molar-refractivity contribution in [3.8, 4) is 5.75 Å². The predicted octanol–water partition coefficient (Wildman–Crippen LogP) is 0.727. The number of hydrogen-bond donors (Lipinski definition) is 2. The van der Waals surface area contributed by atoms with Gasteiger partial charge in [0.1, 0.15) is 5.75 Å². The van der Waals surface area contributed by atoms with Crippen molar-refractivity contribution in [1.29, 1.82) is 0 Å². The van der Waals surface area contributed by atoms with E-state index in [9.17, 15) is 0 Å². The van der Waals surface area contributed by atoms with Crippen molar-refractivity contribution in [1.82, 2.24) is 0 Å². The highest BCUT2D eigenvalue weighted by molar-refractivity contribution is 5.26. The third kappa shape index (κ3) is 1.74.